The monoisotopic (exact) mass is 110 g/mol. The van der Waals surface area contributed by atoms with E-state index in [9.17, 15) is 0 Å². The van der Waals surface area contributed by atoms with Crippen LogP contribution < -0.4 is 0 Å². The molecule has 0 spiro atoms. The first kappa shape index (κ1) is 24.0. The van der Waals surface area contributed by atoms with Crippen LogP contribution in [-0.4, -0.2) is 131 Å². The summed E-state index contributed by atoms with van der Waals surface area (Å²) in [6, 6.07) is 0. The van der Waals surface area contributed by atoms with Crippen molar-refractivity contribution in [3.8, 4) is 0 Å². The molecule has 0 heterocycles. The van der Waals surface area contributed by atoms with E-state index in [0.29, 0.717) is 0 Å². The van der Waals surface area contributed by atoms with Crippen LogP contribution in [0.3, 0.4) is 0 Å². The molecule has 4 heavy (non-hydrogen) atoms. The topological polar surface area (TPSA) is 0 Å². The normalized spacial score (nSPS) is 0. The molecular formula is CaKLiMg. The van der Waals surface area contributed by atoms with Crippen LogP contribution in [0.15, 0.2) is 0 Å². The molecular weight excluding hydrogens is 110 g/mol. The second-order valence-corrected chi connectivity index (χ2v) is 0. The fourth-order valence-electron chi connectivity index (χ4n) is 0. The van der Waals surface area contributed by atoms with Crippen molar-refractivity contribution < 1.29 is 0 Å². The Bertz CT molecular complexity index is 8.00. The van der Waals surface area contributed by atoms with Crippen molar-refractivity contribution >= 4 is 131 Å². The van der Waals surface area contributed by atoms with Crippen LogP contribution in [0.5, 0.6) is 0 Å². The van der Waals surface area contributed by atoms with Gasteiger partial charge in [-0.2, -0.15) is 0 Å². The number of hydrogen-bond acceptors (Lipinski definition) is 0. The summed E-state index contributed by atoms with van der Waals surface area (Å²) in [7, 11) is 0. The molecule has 0 N–H and O–H groups in total. The van der Waals surface area contributed by atoms with Crippen molar-refractivity contribution in [2.24, 2.45) is 0 Å². The Morgan fingerprint density at radius 2 is 1.00 bits per heavy atom. The van der Waals surface area contributed by atoms with Gasteiger partial charge in [-0.25, -0.2) is 0 Å². The van der Waals surface area contributed by atoms with Crippen LogP contribution in [0.4, 0.5) is 0 Å². The van der Waals surface area contributed by atoms with Crippen molar-refractivity contribution in [3.63, 3.8) is 0 Å². The fraction of sp³-hybridized carbons (Fsp3) is 0. The van der Waals surface area contributed by atoms with Gasteiger partial charge in [-0.05, 0) is 0 Å². The average Bonchev–Trinajstić information content (AvgIpc) is 0. The molecule has 0 nitrogen and oxygen atoms in total. The van der Waals surface area contributed by atoms with Gasteiger partial charge in [0.15, 0.2) is 0 Å². The maximum atomic E-state index is 0. The van der Waals surface area contributed by atoms with Gasteiger partial charge in [-0.1, -0.05) is 0 Å². The first-order valence-corrected chi connectivity index (χ1v) is 0. The van der Waals surface area contributed by atoms with Gasteiger partial charge in [-0.15, -0.1) is 0 Å². The van der Waals surface area contributed by atoms with Crippen LogP contribution in [0, 0.1) is 0 Å². The first-order valence-electron chi connectivity index (χ1n) is 0. The summed E-state index contributed by atoms with van der Waals surface area (Å²) in [5.41, 5.74) is 0. The number of hydrogen-bond donors (Lipinski definition) is 0. The molecule has 0 aliphatic heterocycles. The Morgan fingerprint density at radius 1 is 1.00 bits per heavy atom. The standard InChI is InChI=1S/Ca.K.Li.Mg. The average molecular weight is 110 g/mol. The Balaban J connectivity index is 0. The van der Waals surface area contributed by atoms with Gasteiger partial charge >= 0.3 is 0 Å². The molecule has 0 bridgehead atoms. The minimum Gasteiger partial charge on any atom is 0 e. The van der Waals surface area contributed by atoms with Crippen molar-refractivity contribution in [3.05, 3.63) is 0 Å². The molecule has 0 saturated carbocycles. The molecule has 6 radical (unpaired) electrons. The summed E-state index contributed by atoms with van der Waals surface area (Å²) in [6.07, 6.45) is 0. The summed E-state index contributed by atoms with van der Waals surface area (Å²) in [6.45, 7) is 0. The molecule has 4 heteroatoms. The van der Waals surface area contributed by atoms with E-state index in [-0.39, 0.29) is 131 Å². The Morgan fingerprint density at radius 3 is 1.00 bits per heavy atom. The fourth-order valence-corrected chi connectivity index (χ4v) is 0. The molecule has 0 aliphatic carbocycles. The quantitative estimate of drug-likeness (QED) is 0.332. The van der Waals surface area contributed by atoms with Crippen LogP contribution in [-0.2, 0) is 0 Å². The SMILES string of the molecule is [Ca].[K].[Li].[Mg]. The minimum absolute atomic E-state index is 0. The maximum absolute atomic E-state index is 0. The van der Waals surface area contributed by atoms with Crippen LogP contribution in [0.2, 0.25) is 0 Å². The minimum atomic E-state index is 0. The molecule has 0 saturated heterocycles. The summed E-state index contributed by atoms with van der Waals surface area (Å²) >= 11 is 0. The van der Waals surface area contributed by atoms with E-state index in [1.54, 1.807) is 0 Å². The Kier molecular flexibility index (Phi) is 94.0. The first-order chi connectivity index (χ1) is 0. The van der Waals surface area contributed by atoms with Gasteiger partial charge in [0.05, 0.1) is 0 Å². The molecule has 0 rings (SSSR count). The second kappa shape index (κ2) is 15.7. The van der Waals surface area contributed by atoms with Gasteiger partial charge in [-0.3, -0.25) is 0 Å². The van der Waals surface area contributed by atoms with Gasteiger partial charge in [0.2, 0.25) is 0 Å². The van der Waals surface area contributed by atoms with Crippen LogP contribution in [0.1, 0.15) is 0 Å². The Labute approximate surface area is 127 Å². The van der Waals surface area contributed by atoms with Gasteiger partial charge in [0, 0.05) is 131 Å². The predicted octanol–water partition coefficient (Wildman–Crippen LogP) is -1.52. The molecule has 0 unspecified atom stereocenters. The smallest absolute Gasteiger partial charge is 0 e. The zero-order chi connectivity index (χ0) is 0. The molecule has 0 atom stereocenters. The summed E-state index contributed by atoms with van der Waals surface area (Å²) in [5, 5.41) is 0. The second-order valence-electron chi connectivity index (χ2n) is 0. The van der Waals surface area contributed by atoms with E-state index in [1.807, 2.05) is 0 Å². The molecule has 0 aromatic heterocycles. The molecule has 0 aliphatic rings. The van der Waals surface area contributed by atoms with Gasteiger partial charge < -0.3 is 0 Å². The number of rotatable bonds is 0. The maximum Gasteiger partial charge on any atom is 0 e. The van der Waals surface area contributed by atoms with Gasteiger partial charge in [0.1, 0.15) is 0 Å². The molecule has 0 amide bonds. The molecule has 6 valence electrons. The summed E-state index contributed by atoms with van der Waals surface area (Å²) in [5.74, 6) is 0. The third-order valence-electron chi connectivity index (χ3n) is 0. The predicted molar refractivity (Wildman–Crippen MR) is 23.0 cm³/mol. The largest absolute Gasteiger partial charge is 0 e. The van der Waals surface area contributed by atoms with E-state index in [2.05, 4.69) is 0 Å². The van der Waals surface area contributed by atoms with E-state index in [1.165, 1.54) is 0 Å². The van der Waals surface area contributed by atoms with Crippen LogP contribution in [0.25, 0.3) is 0 Å². The third kappa shape index (κ3) is 9.54. The van der Waals surface area contributed by atoms with E-state index < -0.39 is 0 Å². The van der Waals surface area contributed by atoms with Crippen molar-refractivity contribution in [1.82, 2.24) is 0 Å². The van der Waals surface area contributed by atoms with Crippen LogP contribution >= 0.6 is 0 Å². The van der Waals surface area contributed by atoms with E-state index >= 15 is 0 Å². The third-order valence-corrected chi connectivity index (χ3v) is 0. The molecule has 0 fully saturated rings. The zero-order valence-electron chi connectivity index (χ0n) is 3.41. The molecule has 0 aromatic carbocycles. The van der Waals surface area contributed by atoms with Crippen molar-refractivity contribution in [2.75, 3.05) is 0 Å². The molecule has 0 aromatic rings. The summed E-state index contributed by atoms with van der Waals surface area (Å²) in [4.78, 5) is 0. The summed E-state index contributed by atoms with van der Waals surface area (Å²) < 4.78 is 0. The van der Waals surface area contributed by atoms with Gasteiger partial charge in [0.25, 0.3) is 0 Å². The van der Waals surface area contributed by atoms with E-state index in [4.69, 9.17) is 0 Å². The Hall–Kier alpha value is 4.26. The van der Waals surface area contributed by atoms with E-state index in [0.717, 1.165) is 0 Å². The van der Waals surface area contributed by atoms with Crippen molar-refractivity contribution in [1.29, 1.82) is 0 Å². The zero-order valence-corrected chi connectivity index (χ0v) is 10.2. The van der Waals surface area contributed by atoms with Crippen molar-refractivity contribution in [2.45, 2.75) is 0 Å².